The Bertz CT molecular complexity index is 1310. The van der Waals surface area contributed by atoms with Crippen molar-refractivity contribution in [3.63, 3.8) is 0 Å². The molecule has 0 spiro atoms. The lowest BCUT2D eigenvalue weighted by Crippen LogP contribution is -2.42. The largest absolute Gasteiger partial charge is 0.354 e. The molecule has 2 aromatic carbocycles. The van der Waals surface area contributed by atoms with Crippen molar-refractivity contribution in [1.82, 2.24) is 20.8 Å². The number of carbonyl (C=O) groups is 3. The molecular formula is C27H29N7O3. The van der Waals surface area contributed by atoms with Gasteiger partial charge in [-0.25, -0.2) is 4.98 Å². The monoisotopic (exact) mass is 499 g/mol. The van der Waals surface area contributed by atoms with Gasteiger partial charge in [-0.3, -0.25) is 25.2 Å². The molecule has 0 radical (unpaired) electrons. The van der Waals surface area contributed by atoms with Crippen molar-refractivity contribution in [3.05, 3.63) is 77.5 Å². The van der Waals surface area contributed by atoms with E-state index in [0.717, 1.165) is 24.9 Å². The normalized spacial score (nSPS) is 16.5. The van der Waals surface area contributed by atoms with Crippen LogP contribution in [-0.2, 0) is 11.2 Å². The highest BCUT2D eigenvalue weighted by Crippen LogP contribution is 2.34. The van der Waals surface area contributed by atoms with E-state index in [1.54, 1.807) is 35.4 Å². The maximum Gasteiger partial charge on any atom is 0.269 e. The second kappa shape index (κ2) is 10.7. The summed E-state index contributed by atoms with van der Waals surface area (Å²) in [6.07, 6.45) is 3.68. The van der Waals surface area contributed by atoms with E-state index in [0.29, 0.717) is 41.7 Å². The Kier molecular flexibility index (Phi) is 6.98. The molecule has 37 heavy (non-hydrogen) atoms. The van der Waals surface area contributed by atoms with Gasteiger partial charge in [0.05, 0.1) is 6.42 Å². The Morgan fingerprint density at radius 3 is 2.73 bits per heavy atom. The fraction of sp³-hybridized carbons (Fsp3) is 0.296. The molecule has 3 aromatic rings. The minimum absolute atomic E-state index is 0.115. The molecule has 2 aliphatic heterocycles. The maximum atomic E-state index is 13.6. The van der Waals surface area contributed by atoms with Gasteiger partial charge in [-0.2, -0.15) is 4.98 Å². The van der Waals surface area contributed by atoms with E-state index >= 15 is 0 Å². The van der Waals surface area contributed by atoms with Crippen LogP contribution in [0.25, 0.3) is 0 Å². The standard InChI is InChI=1S/C27H29N7O3/c1-2-28-27-29-16-22-24(30-27)33-13-7-12-21(33)17-34(26(22)37)20-11-6-10-19(15-20)25(36)32-31-23(35)14-18-8-4-3-5-9-18/h3-6,8-11,15-16,21H,2,7,12-14,17H2,1H3,(H,31,35)(H,32,36)(H,28,29,30)/t21-/m0/s1. The summed E-state index contributed by atoms with van der Waals surface area (Å²) in [6.45, 7) is 3.96. The lowest BCUT2D eigenvalue weighted by Gasteiger charge is -2.27. The lowest BCUT2D eigenvalue weighted by molar-refractivity contribution is -0.121. The van der Waals surface area contributed by atoms with Crippen LogP contribution < -0.4 is 26.0 Å². The van der Waals surface area contributed by atoms with E-state index in [1.165, 1.54) is 0 Å². The minimum atomic E-state index is -0.466. The van der Waals surface area contributed by atoms with Crippen molar-refractivity contribution in [1.29, 1.82) is 0 Å². The summed E-state index contributed by atoms with van der Waals surface area (Å²) in [6, 6.07) is 16.2. The van der Waals surface area contributed by atoms with Crippen LogP contribution in [0, 0.1) is 0 Å². The van der Waals surface area contributed by atoms with Crippen molar-refractivity contribution < 1.29 is 14.4 Å². The fourth-order valence-electron chi connectivity index (χ4n) is 4.79. The van der Waals surface area contributed by atoms with Crippen molar-refractivity contribution >= 4 is 35.2 Å². The first-order valence-corrected chi connectivity index (χ1v) is 12.5. The number of hydrogen-bond donors (Lipinski definition) is 3. The number of hydrazine groups is 1. The first kappa shape index (κ1) is 24.2. The number of carbonyl (C=O) groups excluding carboxylic acids is 3. The van der Waals surface area contributed by atoms with Gasteiger partial charge in [0, 0.05) is 43.1 Å². The Hall–Kier alpha value is -4.47. The second-order valence-corrected chi connectivity index (χ2v) is 9.08. The third kappa shape index (κ3) is 5.23. The first-order valence-electron chi connectivity index (χ1n) is 12.5. The predicted octanol–water partition coefficient (Wildman–Crippen LogP) is 2.54. The molecule has 0 unspecified atom stereocenters. The van der Waals surface area contributed by atoms with E-state index < -0.39 is 5.91 Å². The SMILES string of the molecule is CCNc1ncc2c(n1)N1CCC[C@H]1CN(c1cccc(C(=O)NNC(=O)Cc3ccccc3)c1)C2=O. The van der Waals surface area contributed by atoms with Gasteiger partial charge in [0.15, 0.2) is 0 Å². The average Bonchev–Trinajstić information content (AvgIpc) is 3.35. The number of hydrogen-bond acceptors (Lipinski definition) is 7. The highest BCUT2D eigenvalue weighted by atomic mass is 16.2. The summed E-state index contributed by atoms with van der Waals surface area (Å²) >= 11 is 0. The molecule has 1 aromatic heterocycles. The molecule has 0 bridgehead atoms. The Morgan fingerprint density at radius 1 is 1.08 bits per heavy atom. The zero-order valence-corrected chi connectivity index (χ0v) is 20.6. The number of nitrogens with zero attached hydrogens (tertiary/aromatic N) is 4. The lowest BCUT2D eigenvalue weighted by atomic mass is 10.1. The summed E-state index contributed by atoms with van der Waals surface area (Å²) in [4.78, 5) is 51.5. The Balaban J connectivity index is 1.34. The summed E-state index contributed by atoms with van der Waals surface area (Å²) in [5, 5.41) is 3.12. The molecule has 1 saturated heterocycles. The number of amides is 3. The number of nitrogens with one attached hydrogen (secondary N) is 3. The first-order chi connectivity index (χ1) is 18.0. The van der Waals surface area contributed by atoms with Crippen LogP contribution in [0.2, 0.25) is 0 Å². The summed E-state index contributed by atoms with van der Waals surface area (Å²) < 4.78 is 0. The maximum absolute atomic E-state index is 13.6. The molecular weight excluding hydrogens is 470 g/mol. The van der Waals surface area contributed by atoms with Crippen LogP contribution in [0.15, 0.2) is 60.8 Å². The molecule has 1 fully saturated rings. The zero-order valence-electron chi connectivity index (χ0n) is 20.6. The molecule has 3 amide bonds. The zero-order chi connectivity index (χ0) is 25.8. The third-order valence-corrected chi connectivity index (χ3v) is 6.56. The van der Waals surface area contributed by atoms with E-state index in [2.05, 4.69) is 31.0 Å². The van der Waals surface area contributed by atoms with Crippen LogP contribution in [0.3, 0.4) is 0 Å². The number of rotatable bonds is 6. The van der Waals surface area contributed by atoms with Crippen molar-refractivity contribution in [3.8, 4) is 0 Å². The van der Waals surface area contributed by atoms with Gasteiger partial charge in [0.25, 0.3) is 11.8 Å². The molecule has 1 atom stereocenters. The smallest absolute Gasteiger partial charge is 0.269 e. The number of fused-ring (bicyclic) bond motifs is 3. The Labute approximate surface area is 215 Å². The molecule has 0 saturated carbocycles. The minimum Gasteiger partial charge on any atom is -0.354 e. The molecule has 3 N–H and O–H groups in total. The third-order valence-electron chi connectivity index (χ3n) is 6.56. The molecule has 2 aliphatic rings. The van der Waals surface area contributed by atoms with Crippen LogP contribution in [0.4, 0.5) is 17.5 Å². The van der Waals surface area contributed by atoms with Crippen LogP contribution >= 0.6 is 0 Å². The highest BCUT2D eigenvalue weighted by molar-refractivity contribution is 6.10. The van der Waals surface area contributed by atoms with Crippen LogP contribution in [0.5, 0.6) is 0 Å². The van der Waals surface area contributed by atoms with Crippen molar-refractivity contribution in [2.24, 2.45) is 0 Å². The van der Waals surface area contributed by atoms with Crippen molar-refractivity contribution in [2.45, 2.75) is 32.2 Å². The quantitative estimate of drug-likeness (QED) is 0.446. The van der Waals surface area contributed by atoms with Gasteiger partial charge >= 0.3 is 0 Å². The van der Waals surface area contributed by atoms with Crippen molar-refractivity contribution in [2.75, 3.05) is 34.8 Å². The number of aromatic nitrogens is 2. The molecule has 10 nitrogen and oxygen atoms in total. The van der Waals surface area contributed by atoms with E-state index in [1.807, 2.05) is 37.3 Å². The predicted molar refractivity (Wildman–Crippen MR) is 140 cm³/mol. The Morgan fingerprint density at radius 2 is 1.92 bits per heavy atom. The summed E-state index contributed by atoms with van der Waals surface area (Å²) in [7, 11) is 0. The van der Waals surface area contributed by atoms with Gasteiger partial charge in [0.2, 0.25) is 11.9 Å². The highest BCUT2D eigenvalue weighted by Gasteiger charge is 2.37. The molecule has 190 valence electrons. The van der Waals surface area contributed by atoms with Gasteiger partial charge in [-0.15, -0.1) is 0 Å². The molecule has 3 heterocycles. The van der Waals surface area contributed by atoms with E-state index in [-0.39, 0.29) is 24.3 Å². The molecule has 0 aliphatic carbocycles. The summed E-state index contributed by atoms with van der Waals surface area (Å²) in [5.74, 6) is 0.151. The second-order valence-electron chi connectivity index (χ2n) is 9.08. The van der Waals surface area contributed by atoms with E-state index in [9.17, 15) is 14.4 Å². The summed E-state index contributed by atoms with van der Waals surface area (Å²) in [5.41, 5.74) is 7.14. The fourth-order valence-corrected chi connectivity index (χ4v) is 4.79. The van der Waals surface area contributed by atoms with Crippen LogP contribution in [0.1, 0.15) is 46.0 Å². The van der Waals surface area contributed by atoms with Gasteiger partial charge < -0.3 is 15.1 Å². The topological polar surface area (TPSA) is 120 Å². The molecule has 5 rings (SSSR count). The van der Waals surface area contributed by atoms with Gasteiger partial charge in [-0.1, -0.05) is 36.4 Å². The molecule has 10 heteroatoms. The average molecular weight is 500 g/mol. The van der Waals surface area contributed by atoms with Crippen LogP contribution in [-0.4, -0.2) is 53.4 Å². The van der Waals surface area contributed by atoms with E-state index in [4.69, 9.17) is 0 Å². The number of benzene rings is 2. The number of anilines is 3. The van der Waals surface area contributed by atoms with Gasteiger partial charge in [-0.05, 0) is 43.5 Å². The van der Waals surface area contributed by atoms with Gasteiger partial charge in [0.1, 0.15) is 11.4 Å².